The van der Waals surface area contributed by atoms with Crippen LogP contribution in [-0.2, 0) is 14.3 Å². The zero-order valence-electron chi connectivity index (χ0n) is 21.7. The Bertz CT molecular complexity index is 1220. The first kappa shape index (κ1) is 26.7. The second-order valence-electron chi connectivity index (χ2n) is 10.1. The Hall–Kier alpha value is -3.87. The lowest BCUT2D eigenvalue weighted by molar-refractivity contribution is -0.142. The van der Waals surface area contributed by atoms with E-state index in [-0.39, 0.29) is 11.9 Å². The molecule has 0 aromatic heterocycles. The third-order valence-corrected chi connectivity index (χ3v) is 5.57. The highest BCUT2D eigenvalue weighted by Crippen LogP contribution is 2.27. The van der Waals surface area contributed by atoms with E-state index in [9.17, 15) is 14.4 Å². The maximum Gasteiger partial charge on any atom is 0.408 e. The predicted octanol–water partition coefficient (Wildman–Crippen LogP) is 5.67. The van der Waals surface area contributed by atoms with E-state index in [1.165, 1.54) is 4.90 Å². The van der Waals surface area contributed by atoms with Crippen molar-refractivity contribution in [3.05, 3.63) is 78.4 Å². The highest BCUT2D eigenvalue weighted by Gasteiger charge is 2.36. The number of ether oxygens (including phenoxy) is 1. The molecule has 0 aliphatic heterocycles. The Labute approximate surface area is 212 Å². The molecule has 36 heavy (non-hydrogen) atoms. The first-order valence-electron chi connectivity index (χ1n) is 12.1. The van der Waals surface area contributed by atoms with Crippen molar-refractivity contribution in [1.29, 1.82) is 0 Å². The monoisotopic (exact) mass is 489 g/mol. The number of amides is 3. The highest BCUT2D eigenvalue weighted by molar-refractivity contribution is 6.00. The number of carbonyl (C=O) groups is 3. The highest BCUT2D eigenvalue weighted by atomic mass is 16.6. The van der Waals surface area contributed by atoms with E-state index in [1.807, 2.05) is 86.6 Å². The number of nitrogens with zero attached hydrogens (tertiary/aromatic N) is 1. The van der Waals surface area contributed by atoms with Gasteiger partial charge in [0.15, 0.2) is 0 Å². The molecule has 0 saturated heterocycles. The lowest BCUT2D eigenvalue weighted by Gasteiger charge is -2.36. The summed E-state index contributed by atoms with van der Waals surface area (Å²) in [6.07, 6.45) is -0.691. The van der Waals surface area contributed by atoms with Crippen LogP contribution < -0.4 is 10.6 Å². The van der Waals surface area contributed by atoms with Crippen LogP contribution in [0.3, 0.4) is 0 Å². The van der Waals surface area contributed by atoms with Gasteiger partial charge in [-0.25, -0.2) is 4.79 Å². The molecule has 0 bridgehead atoms. The largest absolute Gasteiger partial charge is 0.444 e. The van der Waals surface area contributed by atoms with E-state index >= 15 is 0 Å². The maximum absolute atomic E-state index is 13.7. The van der Waals surface area contributed by atoms with E-state index in [4.69, 9.17) is 4.74 Å². The molecule has 7 nitrogen and oxygen atoms in total. The first-order chi connectivity index (χ1) is 17.0. The Balaban J connectivity index is 1.91. The molecule has 0 aliphatic rings. The number of alkyl carbamates (subject to hydrolysis) is 1. The van der Waals surface area contributed by atoms with Gasteiger partial charge in [0.05, 0.1) is 0 Å². The lowest BCUT2D eigenvalue weighted by Crippen LogP contribution is -2.53. The van der Waals surface area contributed by atoms with Gasteiger partial charge in [0.2, 0.25) is 5.91 Å². The second kappa shape index (κ2) is 11.2. The molecule has 0 radical (unpaired) electrons. The molecule has 7 heteroatoms. The fourth-order valence-corrected chi connectivity index (χ4v) is 4.00. The van der Waals surface area contributed by atoms with Gasteiger partial charge in [-0.2, -0.15) is 0 Å². The van der Waals surface area contributed by atoms with Gasteiger partial charge in [-0.05, 0) is 70.0 Å². The number of hydrogen-bond donors (Lipinski definition) is 2. The van der Waals surface area contributed by atoms with Gasteiger partial charge in [0, 0.05) is 11.7 Å². The predicted molar refractivity (Wildman–Crippen MR) is 143 cm³/mol. The van der Waals surface area contributed by atoms with Crippen LogP contribution in [0.5, 0.6) is 0 Å². The normalized spacial score (nSPS) is 13.1. The average molecular weight is 490 g/mol. The number of hydrogen-bond acceptors (Lipinski definition) is 4. The van der Waals surface area contributed by atoms with Gasteiger partial charge in [-0.3, -0.25) is 9.59 Å². The molecule has 0 spiro atoms. The van der Waals surface area contributed by atoms with Crippen molar-refractivity contribution >= 4 is 34.4 Å². The van der Waals surface area contributed by atoms with E-state index in [2.05, 4.69) is 10.6 Å². The first-order valence-corrected chi connectivity index (χ1v) is 12.1. The Morgan fingerprint density at radius 3 is 2.06 bits per heavy atom. The number of benzene rings is 3. The summed E-state index contributed by atoms with van der Waals surface area (Å²) < 4.78 is 5.31. The van der Waals surface area contributed by atoms with Crippen molar-refractivity contribution in [3.8, 4) is 0 Å². The molecule has 2 atom stereocenters. The number of carbonyl (C=O) groups excluding carboxylic acids is 3. The van der Waals surface area contributed by atoms with Crippen LogP contribution in [0.1, 0.15) is 53.1 Å². The number of fused-ring (bicyclic) bond motifs is 1. The molecule has 0 fully saturated rings. The van der Waals surface area contributed by atoms with Crippen LogP contribution in [0.2, 0.25) is 0 Å². The van der Waals surface area contributed by atoms with Crippen LogP contribution in [-0.4, -0.2) is 40.5 Å². The summed E-state index contributed by atoms with van der Waals surface area (Å²) in [5, 5.41) is 7.66. The van der Waals surface area contributed by atoms with Crippen LogP contribution >= 0.6 is 0 Å². The molecule has 0 heterocycles. The third kappa shape index (κ3) is 6.84. The fourth-order valence-electron chi connectivity index (χ4n) is 4.00. The third-order valence-electron chi connectivity index (χ3n) is 5.57. The second-order valence-corrected chi connectivity index (χ2v) is 10.1. The van der Waals surface area contributed by atoms with Crippen LogP contribution in [0.4, 0.5) is 10.5 Å². The molecule has 3 aromatic rings. The quantitative estimate of drug-likeness (QED) is 0.448. The Kier molecular flexibility index (Phi) is 8.35. The summed E-state index contributed by atoms with van der Waals surface area (Å²) in [4.78, 5) is 41.1. The van der Waals surface area contributed by atoms with Crippen LogP contribution in [0, 0.1) is 0 Å². The minimum absolute atomic E-state index is 0.326. The van der Waals surface area contributed by atoms with E-state index < -0.39 is 29.7 Å². The molecule has 0 saturated carbocycles. The van der Waals surface area contributed by atoms with Gasteiger partial charge in [-0.15, -0.1) is 0 Å². The summed E-state index contributed by atoms with van der Waals surface area (Å²) >= 11 is 0. The Morgan fingerprint density at radius 2 is 1.44 bits per heavy atom. The van der Waals surface area contributed by atoms with Gasteiger partial charge in [-0.1, -0.05) is 60.7 Å². The molecule has 3 amide bonds. The van der Waals surface area contributed by atoms with Gasteiger partial charge in [0.25, 0.3) is 5.91 Å². The van der Waals surface area contributed by atoms with Crippen molar-refractivity contribution in [2.75, 3.05) is 5.32 Å². The van der Waals surface area contributed by atoms with Crippen molar-refractivity contribution in [2.24, 2.45) is 0 Å². The minimum Gasteiger partial charge on any atom is -0.444 e. The minimum atomic E-state index is -0.909. The summed E-state index contributed by atoms with van der Waals surface area (Å²) in [6, 6.07) is 20.6. The van der Waals surface area contributed by atoms with Gasteiger partial charge in [0.1, 0.15) is 17.7 Å². The summed E-state index contributed by atoms with van der Waals surface area (Å²) in [7, 11) is 0. The van der Waals surface area contributed by atoms with Crippen LogP contribution in [0.15, 0.2) is 72.8 Å². The summed E-state index contributed by atoms with van der Waals surface area (Å²) in [5.74, 6) is -0.735. The van der Waals surface area contributed by atoms with Crippen molar-refractivity contribution in [2.45, 2.75) is 65.3 Å². The van der Waals surface area contributed by atoms with Gasteiger partial charge >= 0.3 is 6.09 Å². The van der Waals surface area contributed by atoms with E-state index in [0.29, 0.717) is 11.3 Å². The van der Waals surface area contributed by atoms with Crippen molar-refractivity contribution < 1.29 is 19.1 Å². The molecule has 190 valence electrons. The molecule has 0 aliphatic carbocycles. The van der Waals surface area contributed by atoms with E-state index in [1.54, 1.807) is 27.7 Å². The summed E-state index contributed by atoms with van der Waals surface area (Å²) in [6.45, 7) is 10.5. The van der Waals surface area contributed by atoms with E-state index in [0.717, 1.165) is 10.8 Å². The van der Waals surface area contributed by atoms with Crippen LogP contribution in [0.25, 0.3) is 10.8 Å². The number of anilines is 1. The number of nitrogens with one attached hydrogen (secondary N) is 2. The maximum atomic E-state index is 13.7. The van der Waals surface area contributed by atoms with Gasteiger partial charge < -0.3 is 20.3 Å². The number of rotatable bonds is 7. The molecular weight excluding hydrogens is 454 g/mol. The average Bonchev–Trinajstić information content (AvgIpc) is 2.80. The Morgan fingerprint density at radius 1 is 0.833 bits per heavy atom. The molecule has 3 rings (SSSR count). The smallest absolute Gasteiger partial charge is 0.408 e. The molecule has 3 aromatic carbocycles. The van der Waals surface area contributed by atoms with Crippen molar-refractivity contribution in [1.82, 2.24) is 10.2 Å². The molecule has 2 N–H and O–H groups in total. The fraction of sp³-hybridized carbons (Fsp3) is 0.345. The lowest BCUT2D eigenvalue weighted by atomic mass is 10.0. The zero-order valence-corrected chi connectivity index (χ0v) is 21.7. The molecule has 2 unspecified atom stereocenters. The zero-order chi connectivity index (χ0) is 26.5. The molecular formula is C29H35N3O4. The topological polar surface area (TPSA) is 87.7 Å². The summed E-state index contributed by atoms with van der Waals surface area (Å²) in [5.41, 5.74) is 0.606. The van der Waals surface area contributed by atoms with Crippen molar-refractivity contribution in [3.63, 3.8) is 0 Å². The standard InChI is InChI=1S/C29H35N3O4/c1-19(2)32(27(34)20(3)30-28(35)36-29(4,5)6)25(22-13-8-7-9-14-22)26(33)31-24-17-16-21-12-10-11-15-23(21)18-24/h7-20,25H,1-6H3,(H,30,35)(H,31,33). The SMILES string of the molecule is CC(NC(=O)OC(C)(C)C)C(=O)N(C(C)C)C(C(=O)Nc1ccc2ccccc2c1)c1ccccc1.